The Hall–Kier alpha value is -0.260. The van der Waals surface area contributed by atoms with Crippen LogP contribution in [0.4, 0.5) is 13.2 Å². The highest BCUT2D eigenvalue weighted by atomic mass is 32.2. The van der Waals surface area contributed by atoms with E-state index in [0.717, 1.165) is 0 Å². The lowest BCUT2D eigenvalue weighted by molar-refractivity contribution is -0.129. The molecule has 0 fully saturated rings. The maximum absolute atomic E-state index is 11.1. The largest absolute Gasteiger partial charge is 0.390 e. The van der Waals surface area contributed by atoms with Gasteiger partial charge in [-0.3, -0.25) is 0 Å². The smallest absolute Gasteiger partial charge is 0.232 e. The minimum Gasteiger partial charge on any atom is -0.232 e. The molecule has 0 saturated carbocycles. The van der Waals surface area contributed by atoms with Gasteiger partial charge in [-0.1, -0.05) is 0 Å². The fourth-order valence-electron chi connectivity index (χ4n) is 0.218. The van der Waals surface area contributed by atoms with E-state index in [1.54, 1.807) is 0 Å². The Labute approximate surface area is 51.6 Å². The predicted molar refractivity (Wildman–Crippen MR) is 25.9 cm³/mol. The standard InChI is InChI=1S/C3H5F3O2S/c4-3(5,6)1-2-9(7)8/h9H,1-2H2. The van der Waals surface area contributed by atoms with Crippen LogP contribution >= 0.6 is 0 Å². The van der Waals surface area contributed by atoms with Gasteiger partial charge >= 0.3 is 6.18 Å². The van der Waals surface area contributed by atoms with Gasteiger partial charge < -0.3 is 0 Å². The van der Waals surface area contributed by atoms with E-state index in [4.69, 9.17) is 0 Å². The summed E-state index contributed by atoms with van der Waals surface area (Å²) in [5.74, 6) is -0.807. The van der Waals surface area contributed by atoms with E-state index >= 15 is 0 Å². The zero-order valence-corrected chi connectivity index (χ0v) is 5.21. The molecular weight excluding hydrogens is 157 g/mol. The second-order valence-corrected chi connectivity index (χ2v) is 2.53. The van der Waals surface area contributed by atoms with Crippen molar-refractivity contribution in [1.29, 1.82) is 0 Å². The van der Waals surface area contributed by atoms with E-state index in [2.05, 4.69) is 0 Å². The molecule has 9 heavy (non-hydrogen) atoms. The maximum atomic E-state index is 11.1. The van der Waals surface area contributed by atoms with E-state index < -0.39 is 29.1 Å². The molecule has 0 atom stereocenters. The van der Waals surface area contributed by atoms with Crippen LogP contribution in [-0.2, 0) is 10.7 Å². The third-order valence-electron chi connectivity index (χ3n) is 0.578. The summed E-state index contributed by atoms with van der Waals surface area (Å²) < 4.78 is 52.6. The van der Waals surface area contributed by atoms with Gasteiger partial charge in [0.2, 0.25) is 0 Å². The van der Waals surface area contributed by atoms with Gasteiger partial charge in [-0.2, -0.15) is 13.2 Å². The third kappa shape index (κ3) is 7.74. The molecule has 0 aromatic carbocycles. The Bertz CT molecular complexity index is 140. The number of thiol groups is 1. The number of hydrogen-bond acceptors (Lipinski definition) is 2. The molecule has 0 aromatic rings. The normalized spacial score (nSPS) is 12.4. The second kappa shape index (κ2) is 3.05. The van der Waals surface area contributed by atoms with Gasteiger partial charge in [-0.25, -0.2) is 8.42 Å². The average molecular weight is 162 g/mol. The zero-order valence-electron chi connectivity index (χ0n) is 4.31. The first-order valence-electron chi connectivity index (χ1n) is 2.10. The highest BCUT2D eigenvalue weighted by molar-refractivity contribution is 7.72. The molecule has 0 aliphatic heterocycles. The first-order chi connectivity index (χ1) is 3.92. The lowest BCUT2D eigenvalue weighted by Crippen LogP contribution is -2.09. The van der Waals surface area contributed by atoms with Crippen LogP contribution in [0.15, 0.2) is 0 Å². The summed E-state index contributed by atoms with van der Waals surface area (Å²) in [5, 5.41) is 0. The number of alkyl halides is 3. The lowest BCUT2D eigenvalue weighted by atomic mass is 10.5. The minimum absolute atomic E-state index is 0.807. The van der Waals surface area contributed by atoms with Crippen molar-refractivity contribution in [2.45, 2.75) is 12.6 Å². The van der Waals surface area contributed by atoms with Gasteiger partial charge in [0.25, 0.3) is 0 Å². The molecule has 0 N–H and O–H groups in total. The molecule has 0 saturated heterocycles. The minimum atomic E-state index is -4.35. The SMILES string of the molecule is O=[SH](=O)CCC(F)(F)F. The zero-order chi connectivity index (χ0) is 7.49. The number of hydrogen-bond donors (Lipinski definition) is 1. The Morgan fingerprint density at radius 2 is 1.67 bits per heavy atom. The van der Waals surface area contributed by atoms with Gasteiger partial charge in [0, 0.05) is 0 Å². The Morgan fingerprint density at radius 1 is 1.22 bits per heavy atom. The van der Waals surface area contributed by atoms with Gasteiger partial charge in [-0.05, 0) is 0 Å². The molecule has 0 radical (unpaired) electrons. The van der Waals surface area contributed by atoms with Crippen molar-refractivity contribution in [1.82, 2.24) is 0 Å². The van der Waals surface area contributed by atoms with Crippen LogP contribution in [0.2, 0.25) is 0 Å². The third-order valence-corrected chi connectivity index (χ3v) is 1.17. The van der Waals surface area contributed by atoms with Gasteiger partial charge in [-0.15, -0.1) is 0 Å². The van der Waals surface area contributed by atoms with Crippen LogP contribution in [-0.4, -0.2) is 20.3 Å². The molecule has 0 aliphatic rings. The van der Waals surface area contributed by atoms with Crippen LogP contribution < -0.4 is 0 Å². The molecule has 6 heteroatoms. The van der Waals surface area contributed by atoms with Crippen LogP contribution in [0.1, 0.15) is 6.42 Å². The molecule has 0 heterocycles. The number of halogens is 3. The summed E-state index contributed by atoms with van der Waals surface area (Å²) in [4.78, 5) is 0. The first kappa shape index (κ1) is 8.74. The predicted octanol–water partition coefficient (Wildman–Crippen LogP) is 0.550. The average Bonchev–Trinajstić information content (AvgIpc) is 1.59. The van der Waals surface area contributed by atoms with E-state index in [-0.39, 0.29) is 0 Å². The first-order valence-corrected chi connectivity index (χ1v) is 3.46. The molecule has 0 amide bonds. The van der Waals surface area contributed by atoms with Crippen molar-refractivity contribution in [3.63, 3.8) is 0 Å². The summed E-state index contributed by atoms with van der Waals surface area (Å²) in [6.07, 6.45) is -5.60. The highest BCUT2D eigenvalue weighted by Crippen LogP contribution is 2.18. The summed E-state index contributed by atoms with van der Waals surface area (Å²) in [5.41, 5.74) is 0. The molecule has 0 bridgehead atoms. The van der Waals surface area contributed by atoms with Gasteiger partial charge in [0.1, 0.15) is 10.7 Å². The summed E-state index contributed by atoms with van der Waals surface area (Å²) in [7, 11) is -2.88. The van der Waals surface area contributed by atoms with Crippen LogP contribution in [0, 0.1) is 0 Å². The van der Waals surface area contributed by atoms with E-state index in [1.165, 1.54) is 0 Å². The van der Waals surface area contributed by atoms with E-state index in [0.29, 0.717) is 0 Å². The number of rotatable bonds is 2. The van der Waals surface area contributed by atoms with Crippen molar-refractivity contribution in [3.8, 4) is 0 Å². The molecular formula is C3H5F3O2S. The maximum Gasteiger partial charge on any atom is 0.390 e. The van der Waals surface area contributed by atoms with Crippen molar-refractivity contribution in [3.05, 3.63) is 0 Å². The lowest BCUT2D eigenvalue weighted by Gasteiger charge is -1.99. The molecule has 0 unspecified atom stereocenters. The van der Waals surface area contributed by atoms with Crippen molar-refractivity contribution < 1.29 is 21.6 Å². The second-order valence-electron chi connectivity index (χ2n) is 1.42. The fraction of sp³-hybridized carbons (Fsp3) is 1.00. The molecule has 2 nitrogen and oxygen atoms in total. The Balaban J connectivity index is 3.52. The quantitative estimate of drug-likeness (QED) is 0.601. The summed E-state index contributed by atoms with van der Waals surface area (Å²) >= 11 is 0. The Morgan fingerprint density at radius 3 is 1.78 bits per heavy atom. The van der Waals surface area contributed by atoms with E-state index in [1.807, 2.05) is 0 Å². The molecule has 0 aromatic heterocycles. The monoisotopic (exact) mass is 162 g/mol. The van der Waals surface area contributed by atoms with Crippen molar-refractivity contribution in [2.75, 3.05) is 5.75 Å². The topological polar surface area (TPSA) is 34.1 Å². The molecule has 0 aliphatic carbocycles. The van der Waals surface area contributed by atoms with Crippen LogP contribution in [0.25, 0.3) is 0 Å². The van der Waals surface area contributed by atoms with Crippen LogP contribution in [0.3, 0.4) is 0 Å². The van der Waals surface area contributed by atoms with Crippen molar-refractivity contribution in [2.24, 2.45) is 0 Å². The highest BCUT2D eigenvalue weighted by Gasteiger charge is 2.26. The molecule has 0 spiro atoms. The van der Waals surface area contributed by atoms with Gasteiger partial charge in [0.05, 0.1) is 12.2 Å². The van der Waals surface area contributed by atoms with Gasteiger partial charge in [0.15, 0.2) is 0 Å². The van der Waals surface area contributed by atoms with Crippen molar-refractivity contribution >= 4 is 10.7 Å². The Kier molecular flexibility index (Phi) is 2.96. The van der Waals surface area contributed by atoms with E-state index in [9.17, 15) is 21.6 Å². The fourth-order valence-corrected chi connectivity index (χ4v) is 0.654. The van der Waals surface area contributed by atoms with Crippen LogP contribution in [0.5, 0.6) is 0 Å². The molecule has 0 rings (SSSR count). The summed E-state index contributed by atoms with van der Waals surface area (Å²) in [6.45, 7) is 0. The molecule has 56 valence electrons. The summed E-state index contributed by atoms with van der Waals surface area (Å²) in [6, 6.07) is 0.